The molecule has 0 heteroatoms. The van der Waals surface area contributed by atoms with Gasteiger partial charge in [-0.2, -0.15) is 0 Å². The van der Waals surface area contributed by atoms with Gasteiger partial charge >= 0.3 is 0 Å². The van der Waals surface area contributed by atoms with Crippen molar-refractivity contribution in [1.82, 2.24) is 0 Å². The van der Waals surface area contributed by atoms with Gasteiger partial charge in [0.2, 0.25) is 0 Å². The number of benzene rings is 1. The van der Waals surface area contributed by atoms with Crippen molar-refractivity contribution in [1.29, 1.82) is 0 Å². The lowest BCUT2D eigenvalue weighted by Gasteiger charge is -2.03. The van der Waals surface area contributed by atoms with E-state index in [1.807, 2.05) is 13.0 Å². The fourth-order valence-corrected chi connectivity index (χ4v) is 1.36. The predicted molar refractivity (Wildman–Crippen MR) is 59.7 cm³/mol. The van der Waals surface area contributed by atoms with Crippen molar-refractivity contribution in [3.05, 3.63) is 54.1 Å². The number of aryl methyl sites for hydroxylation is 1. The Morgan fingerprint density at radius 1 is 1.31 bits per heavy atom. The summed E-state index contributed by atoms with van der Waals surface area (Å²) in [5.74, 6) is 0. The Labute approximate surface area is 80.6 Å². The lowest BCUT2D eigenvalue weighted by atomic mass is 10.0. The van der Waals surface area contributed by atoms with Crippen LogP contribution >= 0.6 is 0 Å². The zero-order valence-electron chi connectivity index (χ0n) is 8.16. The van der Waals surface area contributed by atoms with Crippen LogP contribution in [0.4, 0.5) is 0 Å². The molecule has 1 aromatic carbocycles. The molecule has 0 spiro atoms. The molecule has 0 aliphatic carbocycles. The Morgan fingerprint density at radius 3 is 2.77 bits per heavy atom. The SMILES string of the molecule is C=CCCc1ccccc1C=CC. The zero-order chi connectivity index (χ0) is 9.52. The van der Waals surface area contributed by atoms with E-state index in [2.05, 4.69) is 43.0 Å². The summed E-state index contributed by atoms with van der Waals surface area (Å²) in [6.07, 6.45) is 8.33. The van der Waals surface area contributed by atoms with E-state index in [9.17, 15) is 0 Å². The van der Waals surface area contributed by atoms with Gasteiger partial charge < -0.3 is 0 Å². The first-order valence-electron chi connectivity index (χ1n) is 4.70. The topological polar surface area (TPSA) is 0 Å². The van der Waals surface area contributed by atoms with Gasteiger partial charge in [-0.15, -0.1) is 6.58 Å². The highest BCUT2D eigenvalue weighted by atomic mass is 14.0. The minimum atomic E-state index is 1.05. The first kappa shape index (κ1) is 9.79. The maximum Gasteiger partial charge on any atom is -0.0228 e. The quantitative estimate of drug-likeness (QED) is 0.605. The molecule has 0 unspecified atom stereocenters. The number of hydrogen-bond donors (Lipinski definition) is 0. The summed E-state index contributed by atoms with van der Waals surface area (Å²) in [6.45, 7) is 5.78. The molecule has 0 heterocycles. The summed E-state index contributed by atoms with van der Waals surface area (Å²) in [7, 11) is 0. The zero-order valence-corrected chi connectivity index (χ0v) is 8.16. The summed E-state index contributed by atoms with van der Waals surface area (Å²) in [5, 5.41) is 0. The van der Waals surface area contributed by atoms with E-state index in [4.69, 9.17) is 0 Å². The molecule has 0 amide bonds. The maximum absolute atomic E-state index is 3.73. The van der Waals surface area contributed by atoms with Gasteiger partial charge in [-0.1, -0.05) is 42.5 Å². The van der Waals surface area contributed by atoms with Crippen LogP contribution in [0.25, 0.3) is 6.08 Å². The molecule has 0 bridgehead atoms. The summed E-state index contributed by atoms with van der Waals surface area (Å²) in [4.78, 5) is 0. The summed E-state index contributed by atoms with van der Waals surface area (Å²) in [6, 6.07) is 8.50. The van der Waals surface area contributed by atoms with Crippen LogP contribution in [-0.4, -0.2) is 0 Å². The van der Waals surface area contributed by atoms with Gasteiger partial charge in [0.15, 0.2) is 0 Å². The molecular weight excluding hydrogens is 156 g/mol. The summed E-state index contributed by atoms with van der Waals surface area (Å²) >= 11 is 0. The maximum atomic E-state index is 3.73. The van der Waals surface area contributed by atoms with Gasteiger partial charge in [0.05, 0.1) is 0 Å². The van der Waals surface area contributed by atoms with Crippen LogP contribution in [0, 0.1) is 0 Å². The first-order chi connectivity index (χ1) is 6.38. The van der Waals surface area contributed by atoms with E-state index in [1.165, 1.54) is 11.1 Å². The Balaban J connectivity index is 2.83. The third kappa shape index (κ3) is 2.90. The molecule has 0 fully saturated rings. The predicted octanol–water partition coefficient (Wildman–Crippen LogP) is 3.84. The molecule has 0 aromatic heterocycles. The molecular formula is C13H16. The van der Waals surface area contributed by atoms with Crippen LogP contribution in [0.5, 0.6) is 0 Å². The first-order valence-corrected chi connectivity index (χ1v) is 4.70. The fourth-order valence-electron chi connectivity index (χ4n) is 1.36. The smallest absolute Gasteiger partial charge is 0.0228 e. The number of hydrogen-bond acceptors (Lipinski definition) is 0. The van der Waals surface area contributed by atoms with Crippen LogP contribution in [-0.2, 0) is 6.42 Å². The molecule has 0 aliphatic rings. The number of allylic oxidation sites excluding steroid dienone is 2. The Kier molecular flexibility index (Phi) is 4.04. The van der Waals surface area contributed by atoms with Crippen molar-refractivity contribution < 1.29 is 0 Å². The van der Waals surface area contributed by atoms with E-state index < -0.39 is 0 Å². The van der Waals surface area contributed by atoms with Crippen LogP contribution in [0.1, 0.15) is 24.5 Å². The van der Waals surface area contributed by atoms with Crippen molar-refractivity contribution in [2.45, 2.75) is 19.8 Å². The normalized spacial score (nSPS) is 10.5. The highest BCUT2D eigenvalue weighted by Gasteiger charge is 1.95. The number of rotatable bonds is 4. The van der Waals surface area contributed by atoms with Crippen LogP contribution in [0.15, 0.2) is 43.0 Å². The molecule has 0 saturated carbocycles. The Hall–Kier alpha value is -1.30. The summed E-state index contributed by atoms with van der Waals surface area (Å²) in [5.41, 5.74) is 2.73. The van der Waals surface area contributed by atoms with Gasteiger partial charge in [0, 0.05) is 0 Å². The van der Waals surface area contributed by atoms with E-state index in [0.29, 0.717) is 0 Å². The highest BCUT2D eigenvalue weighted by Crippen LogP contribution is 2.12. The minimum absolute atomic E-state index is 1.05. The van der Waals surface area contributed by atoms with Gasteiger partial charge in [-0.25, -0.2) is 0 Å². The van der Waals surface area contributed by atoms with Crippen LogP contribution in [0.2, 0.25) is 0 Å². The van der Waals surface area contributed by atoms with Crippen LogP contribution < -0.4 is 0 Å². The van der Waals surface area contributed by atoms with E-state index in [-0.39, 0.29) is 0 Å². The molecule has 13 heavy (non-hydrogen) atoms. The van der Waals surface area contributed by atoms with Gasteiger partial charge in [-0.3, -0.25) is 0 Å². The minimum Gasteiger partial charge on any atom is -0.103 e. The second-order valence-corrected chi connectivity index (χ2v) is 3.03. The standard InChI is InChI=1S/C13H16/c1-3-5-9-13-11-7-6-10-12(13)8-4-2/h3-4,6-8,10-11H,1,5,9H2,2H3. The second-order valence-electron chi connectivity index (χ2n) is 3.03. The van der Waals surface area contributed by atoms with E-state index in [1.54, 1.807) is 0 Å². The Morgan fingerprint density at radius 2 is 2.08 bits per heavy atom. The molecule has 0 aliphatic heterocycles. The average molecular weight is 172 g/mol. The second kappa shape index (κ2) is 5.36. The summed E-state index contributed by atoms with van der Waals surface area (Å²) < 4.78 is 0. The monoisotopic (exact) mass is 172 g/mol. The average Bonchev–Trinajstić information content (AvgIpc) is 2.17. The van der Waals surface area contributed by atoms with Crippen molar-refractivity contribution in [3.63, 3.8) is 0 Å². The van der Waals surface area contributed by atoms with Crippen molar-refractivity contribution in [2.24, 2.45) is 0 Å². The van der Waals surface area contributed by atoms with E-state index in [0.717, 1.165) is 12.8 Å². The van der Waals surface area contributed by atoms with Gasteiger partial charge in [-0.05, 0) is 30.9 Å². The lowest BCUT2D eigenvalue weighted by molar-refractivity contribution is 1.00. The third-order valence-electron chi connectivity index (χ3n) is 2.02. The third-order valence-corrected chi connectivity index (χ3v) is 2.02. The fraction of sp³-hybridized carbons (Fsp3) is 0.231. The largest absolute Gasteiger partial charge is 0.103 e. The molecule has 0 nitrogen and oxygen atoms in total. The van der Waals surface area contributed by atoms with Gasteiger partial charge in [0.1, 0.15) is 0 Å². The molecule has 0 radical (unpaired) electrons. The van der Waals surface area contributed by atoms with E-state index >= 15 is 0 Å². The van der Waals surface area contributed by atoms with Crippen molar-refractivity contribution in [2.75, 3.05) is 0 Å². The highest BCUT2D eigenvalue weighted by molar-refractivity contribution is 5.53. The molecule has 1 rings (SSSR count). The van der Waals surface area contributed by atoms with Gasteiger partial charge in [0.25, 0.3) is 0 Å². The van der Waals surface area contributed by atoms with Crippen molar-refractivity contribution >= 4 is 6.08 Å². The van der Waals surface area contributed by atoms with Crippen molar-refractivity contribution in [3.8, 4) is 0 Å². The molecule has 68 valence electrons. The molecule has 0 N–H and O–H groups in total. The van der Waals surface area contributed by atoms with Crippen LogP contribution in [0.3, 0.4) is 0 Å². The molecule has 0 saturated heterocycles. The Bertz CT molecular complexity index is 295. The lowest BCUT2D eigenvalue weighted by Crippen LogP contribution is -1.87. The molecule has 1 aromatic rings. The molecule has 0 atom stereocenters.